The van der Waals surface area contributed by atoms with E-state index in [4.69, 9.17) is 4.74 Å². The average Bonchev–Trinajstić information content (AvgIpc) is 3.19. The Bertz CT molecular complexity index is 905. The lowest BCUT2D eigenvalue weighted by Gasteiger charge is -2.09. The van der Waals surface area contributed by atoms with Crippen LogP contribution >= 0.6 is 11.8 Å². The van der Waals surface area contributed by atoms with Gasteiger partial charge in [0.2, 0.25) is 5.91 Å². The van der Waals surface area contributed by atoms with Gasteiger partial charge in [0.25, 0.3) is 0 Å². The fraction of sp³-hybridized carbons (Fsp3) is 0.304. The van der Waals surface area contributed by atoms with Crippen LogP contribution in [-0.4, -0.2) is 28.3 Å². The molecule has 152 valence electrons. The molecule has 0 aliphatic heterocycles. The van der Waals surface area contributed by atoms with E-state index in [-0.39, 0.29) is 5.91 Å². The maximum absolute atomic E-state index is 12.3. The van der Waals surface area contributed by atoms with Crippen LogP contribution in [0.5, 0.6) is 5.75 Å². The third-order valence-electron chi connectivity index (χ3n) is 4.58. The first-order valence-electron chi connectivity index (χ1n) is 9.83. The number of benzene rings is 2. The van der Waals surface area contributed by atoms with E-state index in [1.165, 1.54) is 30.2 Å². The Hall–Kier alpha value is -2.73. The van der Waals surface area contributed by atoms with Crippen molar-refractivity contribution in [3.05, 3.63) is 72.1 Å². The van der Waals surface area contributed by atoms with Crippen molar-refractivity contribution in [2.75, 3.05) is 18.2 Å². The van der Waals surface area contributed by atoms with E-state index in [0.29, 0.717) is 12.3 Å². The Morgan fingerprint density at radius 3 is 2.52 bits per heavy atom. The molecule has 5 nitrogen and oxygen atoms in total. The van der Waals surface area contributed by atoms with Gasteiger partial charge in [-0.05, 0) is 48.2 Å². The van der Waals surface area contributed by atoms with E-state index in [2.05, 4.69) is 29.4 Å². The standard InChI is InChI=1S/C23H27N3O2S/c1-3-4-5-18-6-10-20(11-7-18)25-22(27)17-29-23-24-14-15-26(23)16-19-8-12-21(28-2)13-9-19/h6-15H,3-5,16-17H2,1-2H3,(H,25,27). The number of thioether (sulfide) groups is 1. The molecule has 1 aromatic heterocycles. The fourth-order valence-corrected chi connectivity index (χ4v) is 3.71. The van der Waals surface area contributed by atoms with E-state index < -0.39 is 0 Å². The van der Waals surface area contributed by atoms with Crippen molar-refractivity contribution >= 4 is 23.4 Å². The molecule has 0 aliphatic carbocycles. The summed E-state index contributed by atoms with van der Waals surface area (Å²) >= 11 is 1.44. The van der Waals surface area contributed by atoms with Crippen LogP contribution in [0.15, 0.2) is 66.1 Å². The van der Waals surface area contributed by atoms with E-state index in [0.717, 1.165) is 28.6 Å². The number of amides is 1. The van der Waals surface area contributed by atoms with E-state index >= 15 is 0 Å². The Morgan fingerprint density at radius 2 is 1.83 bits per heavy atom. The first-order valence-corrected chi connectivity index (χ1v) is 10.8. The molecule has 0 atom stereocenters. The summed E-state index contributed by atoms with van der Waals surface area (Å²) < 4.78 is 7.24. The summed E-state index contributed by atoms with van der Waals surface area (Å²) in [6.07, 6.45) is 7.14. The lowest BCUT2D eigenvalue weighted by Crippen LogP contribution is -2.14. The number of carbonyl (C=O) groups excluding carboxylic acids is 1. The van der Waals surface area contributed by atoms with Crippen molar-refractivity contribution in [3.8, 4) is 5.75 Å². The summed E-state index contributed by atoms with van der Waals surface area (Å²) in [5, 5.41) is 3.78. The van der Waals surface area contributed by atoms with Gasteiger partial charge in [0, 0.05) is 24.6 Å². The first kappa shape index (κ1) is 21.0. The minimum Gasteiger partial charge on any atom is -0.497 e. The third kappa shape index (κ3) is 6.39. The van der Waals surface area contributed by atoms with E-state index in [1.807, 2.05) is 47.2 Å². The molecule has 3 rings (SSSR count). The predicted octanol–water partition coefficient (Wildman–Crippen LogP) is 5.01. The number of imidazole rings is 1. The first-order chi connectivity index (χ1) is 14.2. The Morgan fingerprint density at radius 1 is 1.10 bits per heavy atom. The van der Waals surface area contributed by atoms with Crippen molar-refractivity contribution in [2.24, 2.45) is 0 Å². The maximum Gasteiger partial charge on any atom is 0.234 e. The second kappa shape index (κ2) is 10.7. The molecular weight excluding hydrogens is 382 g/mol. The zero-order valence-corrected chi connectivity index (χ0v) is 17.7. The molecule has 2 aromatic carbocycles. The number of hydrogen-bond donors (Lipinski definition) is 1. The molecule has 0 saturated carbocycles. The molecule has 0 fully saturated rings. The lowest BCUT2D eigenvalue weighted by atomic mass is 10.1. The Kier molecular flexibility index (Phi) is 7.76. The quantitative estimate of drug-likeness (QED) is 0.478. The number of methoxy groups -OCH3 is 1. The zero-order valence-electron chi connectivity index (χ0n) is 16.9. The van der Waals surface area contributed by atoms with Gasteiger partial charge in [-0.2, -0.15) is 0 Å². The number of carbonyl (C=O) groups is 1. The van der Waals surface area contributed by atoms with Crippen molar-refractivity contribution < 1.29 is 9.53 Å². The van der Waals surface area contributed by atoms with Crippen LogP contribution in [0.25, 0.3) is 0 Å². The molecule has 29 heavy (non-hydrogen) atoms. The van der Waals surface area contributed by atoms with Gasteiger partial charge in [-0.1, -0.05) is 49.4 Å². The van der Waals surface area contributed by atoms with Gasteiger partial charge in [-0.25, -0.2) is 4.98 Å². The van der Waals surface area contributed by atoms with Gasteiger partial charge < -0.3 is 14.6 Å². The molecule has 0 spiro atoms. The van der Waals surface area contributed by atoms with Crippen molar-refractivity contribution in [3.63, 3.8) is 0 Å². The monoisotopic (exact) mass is 409 g/mol. The smallest absolute Gasteiger partial charge is 0.234 e. The van der Waals surface area contributed by atoms with Gasteiger partial charge in [-0.3, -0.25) is 4.79 Å². The molecular formula is C23H27N3O2S. The molecule has 0 aliphatic rings. The van der Waals surface area contributed by atoms with Crippen LogP contribution in [0.3, 0.4) is 0 Å². The summed E-state index contributed by atoms with van der Waals surface area (Å²) in [7, 11) is 1.66. The van der Waals surface area contributed by atoms with Gasteiger partial charge in [0.1, 0.15) is 5.75 Å². The highest BCUT2D eigenvalue weighted by molar-refractivity contribution is 7.99. The fourth-order valence-electron chi connectivity index (χ4n) is 2.95. The molecule has 0 bridgehead atoms. The number of ether oxygens (including phenoxy) is 1. The number of nitrogens with one attached hydrogen (secondary N) is 1. The normalized spacial score (nSPS) is 10.7. The van der Waals surface area contributed by atoms with Crippen molar-refractivity contribution in [2.45, 2.75) is 37.9 Å². The Balaban J connectivity index is 1.51. The largest absolute Gasteiger partial charge is 0.497 e. The van der Waals surface area contributed by atoms with Crippen LogP contribution in [0.1, 0.15) is 30.9 Å². The molecule has 6 heteroatoms. The van der Waals surface area contributed by atoms with Crippen molar-refractivity contribution in [1.82, 2.24) is 9.55 Å². The highest BCUT2D eigenvalue weighted by Crippen LogP contribution is 2.19. The number of aromatic nitrogens is 2. The molecule has 0 unspecified atom stereocenters. The number of rotatable bonds is 10. The van der Waals surface area contributed by atoms with Crippen LogP contribution in [0.2, 0.25) is 0 Å². The number of nitrogens with zero attached hydrogens (tertiary/aromatic N) is 2. The van der Waals surface area contributed by atoms with Gasteiger partial charge >= 0.3 is 0 Å². The average molecular weight is 410 g/mol. The van der Waals surface area contributed by atoms with E-state index in [1.54, 1.807) is 13.3 Å². The minimum absolute atomic E-state index is 0.0321. The Labute approximate surface area is 176 Å². The topological polar surface area (TPSA) is 56.2 Å². The molecule has 1 N–H and O–H groups in total. The van der Waals surface area contributed by atoms with E-state index in [9.17, 15) is 4.79 Å². The number of aryl methyl sites for hydroxylation is 1. The zero-order chi connectivity index (χ0) is 20.5. The van der Waals surface area contributed by atoms with Gasteiger partial charge in [0.15, 0.2) is 5.16 Å². The minimum atomic E-state index is -0.0321. The summed E-state index contributed by atoms with van der Waals surface area (Å²) in [6, 6.07) is 16.1. The molecule has 0 saturated heterocycles. The second-order valence-corrected chi connectivity index (χ2v) is 7.77. The summed E-state index contributed by atoms with van der Waals surface area (Å²) in [4.78, 5) is 16.7. The summed E-state index contributed by atoms with van der Waals surface area (Å²) in [5.74, 6) is 1.12. The lowest BCUT2D eigenvalue weighted by molar-refractivity contribution is -0.113. The molecule has 0 radical (unpaired) electrons. The van der Waals surface area contributed by atoms with Crippen molar-refractivity contribution in [1.29, 1.82) is 0 Å². The number of hydrogen-bond acceptors (Lipinski definition) is 4. The van der Waals surface area contributed by atoms with Gasteiger partial charge in [0.05, 0.1) is 12.9 Å². The SMILES string of the molecule is CCCCc1ccc(NC(=O)CSc2nccn2Cc2ccc(OC)cc2)cc1. The maximum atomic E-state index is 12.3. The van der Waals surface area contributed by atoms with Crippen LogP contribution < -0.4 is 10.1 Å². The highest BCUT2D eigenvalue weighted by Gasteiger charge is 2.09. The molecule has 1 amide bonds. The van der Waals surface area contributed by atoms with Crippen LogP contribution in [-0.2, 0) is 17.8 Å². The number of anilines is 1. The summed E-state index contributed by atoms with van der Waals surface area (Å²) in [6.45, 7) is 2.89. The highest BCUT2D eigenvalue weighted by atomic mass is 32.2. The summed E-state index contributed by atoms with van der Waals surface area (Å²) in [5.41, 5.74) is 3.29. The second-order valence-electron chi connectivity index (χ2n) is 6.82. The van der Waals surface area contributed by atoms with Gasteiger partial charge in [-0.15, -0.1) is 0 Å². The molecule has 3 aromatic rings. The predicted molar refractivity (Wildman–Crippen MR) is 119 cm³/mol. The molecule has 1 heterocycles. The van der Waals surface area contributed by atoms with Crippen LogP contribution in [0.4, 0.5) is 5.69 Å². The third-order valence-corrected chi connectivity index (χ3v) is 5.58. The van der Waals surface area contributed by atoms with Crippen LogP contribution in [0, 0.1) is 0 Å². The number of unbranched alkanes of at least 4 members (excludes halogenated alkanes) is 1.